The van der Waals surface area contributed by atoms with Crippen molar-refractivity contribution in [1.29, 1.82) is 0 Å². The van der Waals surface area contributed by atoms with Gasteiger partial charge in [0, 0.05) is 24.6 Å². The minimum Gasteiger partial charge on any atom is -0.385 e. The fourth-order valence-electron chi connectivity index (χ4n) is 2.03. The van der Waals surface area contributed by atoms with Gasteiger partial charge in [-0.05, 0) is 24.6 Å². The smallest absolute Gasteiger partial charge is 0.0907 e. The number of hydrogen-bond donors (Lipinski definition) is 1. The van der Waals surface area contributed by atoms with Crippen LogP contribution >= 0.6 is 0 Å². The number of aromatic nitrogens is 2. The third-order valence-corrected chi connectivity index (χ3v) is 3.08. The van der Waals surface area contributed by atoms with E-state index >= 15 is 0 Å². The summed E-state index contributed by atoms with van der Waals surface area (Å²) in [7, 11) is 0. The van der Waals surface area contributed by atoms with Gasteiger partial charge < -0.3 is 5.32 Å². The quantitative estimate of drug-likeness (QED) is 0.746. The zero-order valence-corrected chi connectivity index (χ0v) is 11.0. The van der Waals surface area contributed by atoms with Crippen LogP contribution in [0.1, 0.15) is 39.0 Å². The van der Waals surface area contributed by atoms with E-state index in [0.717, 1.165) is 23.3 Å². The molecule has 1 heterocycles. The fourth-order valence-corrected chi connectivity index (χ4v) is 2.03. The van der Waals surface area contributed by atoms with Crippen molar-refractivity contribution < 1.29 is 0 Å². The number of unbranched alkanes of at least 4 members (excludes halogenated alkanes) is 4. The van der Waals surface area contributed by atoms with E-state index in [2.05, 4.69) is 34.3 Å². The molecular weight excluding hydrogens is 222 g/mol. The van der Waals surface area contributed by atoms with E-state index < -0.39 is 0 Å². The predicted molar refractivity (Wildman–Crippen MR) is 76.8 cm³/mol. The van der Waals surface area contributed by atoms with Crippen LogP contribution in [-0.4, -0.2) is 16.5 Å². The summed E-state index contributed by atoms with van der Waals surface area (Å²) in [6, 6.07) is 6.15. The standard InChI is InChI=1S/C15H21N3/c1-2-3-4-5-6-9-16-13-7-8-14-15(12-13)18-11-10-17-14/h7-8,10-12,16H,2-6,9H2,1H3. The first-order valence-corrected chi connectivity index (χ1v) is 6.85. The molecule has 1 N–H and O–H groups in total. The Morgan fingerprint density at radius 2 is 1.72 bits per heavy atom. The van der Waals surface area contributed by atoms with Crippen LogP contribution in [-0.2, 0) is 0 Å². The normalized spacial score (nSPS) is 10.7. The lowest BCUT2D eigenvalue weighted by molar-refractivity contribution is 0.645. The SMILES string of the molecule is CCCCCCCNc1ccc2nccnc2c1. The summed E-state index contributed by atoms with van der Waals surface area (Å²) in [4.78, 5) is 8.57. The lowest BCUT2D eigenvalue weighted by atomic mass is 10.1. The van der Waals surface area contributed by atoms with Crippen LogP contribution in [0, 0.1) is 0 Å². The number of hydrogen-bond acceptors (Lipinski definition) is 3. The van der Waals surface area contributed by atoms with Crippen LogP contribution in [0.5, 0.6) is 0 Å². The summed E-state index contributed by atoms with van der Waals surface area (Å²) in [6.45, 7) is 3.28. The molecule has 2 aromatic rings. The molecule has 0 aliphatic rings. The molecule has 1 aromatic carbocycles. The van der Waals surface area contributed by atoms with Crippen LogP contribution < -0.4 is 5.32 Å². The van der Waals surface area contributed by atoms with E-state index in [9.17, 15) is 0 Å². The summed E-state index contributed by atoms with van der Waals surface area (Å²) in [5, 5.41) is 3.45. The predicted octanol–water partition coefficient (Wildman–Crippen LogP) is 4.01. The van der Waals surface area contributed by atoms with Gasteiger partial charge in [0.1, 0.15) is 0 Å². The minimum absolute atomic E-state index is 0.950. The monoisotopic (exact) mass is 243 g/mol. The lowest BCUT2D eigenvalue weighted by Crippen LogP contribution is -2.01. The Labute approximate surface area is 109 Å². The highest BCUT2D eigenvalue weighted by Gasteiger charge is 1.97. The Hall–Kier alpha value is -1.64. The van der Waals surface area contributed by atoms with Crippen LogP contribution in [0.25, 0.3) is 11.0 Å². The molecule has 3 nitrogen and oxygen atoms in total. The van der Waals surface area contributed by atoms with Crippen molar-refractivity contribution >= 4 is 16.7 Å². The number of benzene rings is 1. The molecule has 0 atom stereocenters. The zero-order valence-electron chi connectivity index (χ0n) is 11.0. The molecule has 0 saturated heterocycles. The van der Waals surface area contributed by atoms with Crippen molar-refractivity contribution in [1.82, 2.24) is 9.97 Å². The van der Waals surface area contributed by atoms with Gasteiger partial charge in [-0.15, -0.1) is 0 Å². The molecule has 3 heteroatoms. The molecule has 1 aromatic heterocycles. The summed E-state index contributed by atoms with van der Waals surface area (Å²) in [6.07, 6.45) is 10.0. The maximum Gasteiger partial charge on any atom is 0.0907 e. The van der Waals surface area contributed by atoms with E-state index in [1.54, 1.807) is 12.4 Å². The molecule has 0 spiro atoms. The molecule has 0 aliphatic heterocycles. The Kier molecular flexibility index (Phi) is 4.94. The fraction of sp³-hybridized carbons (Fsp3) is 0.467. The highest BCUT2D eigenvalue weighted by molar-refractivity contribution is 5.78. The average molecular weight is 243 g/mol. The van der Waals surface area contributed by atoms with Crippen LogP contribution in [0.2, 0.25) is 0 Å². The third kappa shape index (κ3) is 3.69. The van der Waals surface area contributed by atoms with Gasteiger partial charge in [0.05, 0.1) is 11.0 Å². The first-order chi connectivity index (χ1) is 8.90. The van der Waals surface area contributed by atoms with E-state index in [1.165, 1.54) is 32.1 Å². The molecular formula is C15H21N3. The van der Waals surface area contributed by atoms with Gasteiger partial charge in [0.25, 0.3) is 0 Å². The second kappa shape index (κ2) is 6.94. The topological polar surface area (TPSA) is 37.8 Å². The molecule has 0 amide bonds. The number of fused-ring (bicyclic) bond motifs is 1. The molecule has 0 fully saturated rings. The number of rotatable bonds is 7. The van der Waals surface area contributed by atoms with Crippen LogP contribution in [0.4, 0.5) is 5.69 Å². The minimum atomic E-state index is 0.950. The summed E-state index contributed by atoms with van der Waals surface area (Å²) >= 11 is 0. The third-order valence-electron chi connectivity index (χ3n) is 3.08. The molecule has 0 aliphatic carbocycles. The number of anilines is 1. The van der Waals surface area contributed by atoms with Crippen molar-refractivity contribution in [3.8, 4) is 0 Å². The van der Waals surface area contributed by atoms with E-state index in [4.69, 9.17) is 0 Å². The molecule has 0 radical (unpaired) electrons. The molecule has 0 saturated carbocycles. The zero-order chi connectivity index (χ0) is 12.6. The van der Waals surface area contributed by atoms with E-state index in [-0.39, 0.29) is 0 Å². The van der Waals surface area contributed by atoms with Crippen LogP contribution in [0.3, 0.4) is 0 Å². The van der Waals surface area contributed by atoms with Crippen LogP contribution in [0.15, 0.2) is 30.6 Å². The second-order valence-corrected chi connectivity index (χ2v) is 4.60. The lowest BCUT2D eigenvalue weighted by Gasteiger charge is -2.06. The van der Waals surface area contributed by atoms with E-state index in [0.29, 0.717) is 0 Å². The Bertz CT molecular complexity index is 482. The van der Waals surface area contributed by atoms with E-state index in [1.807, 2.05) is 6.07 Å². The second-order valence-electron chi connectivity index (χ2n) is 4.60. The van der Waals surface area contributed by atoms with Crippen molar-refractivity contribution in [2.45, 2.75) is 39.0 Å². The van der Waals surface area contributed by atoms with Gasteiger partial charge in [-0.25, -0.2) is 0 Å². The van der Waals surface area contributed by atoms with Crippen molar-refractivity contribution in [2.24, 2.45) is 0 Å². The number of nitrogens with one attached hydrogen (secondary N) is 1. The molecule has 0 bridgehead atoms. The molecule has 96 valence electrons. The van der Waals surface area contributed by atoms with Gasteiger partial charge in [-0.3, -0.25) is 9.97 Å². The first kappa shape index (κ1) is 12.8. The van der Waals surface area contributed by atoms with Gasteiger partial charge >= 0.3 is 0 Å². The van der Waals surface area contributed by atoms with Crippen molar-refractivity contribution in [2.75, 3.05) is 11.9 Å². The maximum atomic E-state index is 4.31. The van der Waals surface area contributed by atoms with Gasteiger partial charge in [-0.2, -0.15) is 0 Å². The largest absolute Gasteiger partial charge is 0.385 e. The van der Waals surface area contributed by atoms with Crippen molar-refractivity contribution in [3.63, 3.8) is 0 Å². The molecule has 2 rings (SSSR count). The Morgan fingerprint density at radius 1 is 0.944 bits per heavy atom. The van der Waals surface area contributed by atoms with Crippen molar-refractivity contribution in [3.05, 3.63) is 30.6 Å². The summed E-state index contributed by atoms with van der Waals surface area (Å²) < 4.78 is 0. The highest BCUT2D eigenvalue weighted by atomic mass is 14.9. The molecule has 18 heavy (non-hydrogen) atoms. The summed E-state index contributed by atoms with van der Waals surface area (Å²) in [5.74, 6) is 0. The summed E-state index contributed by atoms with van der Waals surface area (Å²) in [5.41, 5.74) is 3.04. The van der Waals surface area contributed by atoms with Gasteiger partial charge in [0.2, 0.25) is 0 Å². The highest BCUT2D eigenvalue weighted by Crippen LogP contribution is 2.15. The number of nitrogens with zero attached hydrogens (tertiary/aromatic N) is 2. The van der Waals surface area contributed by atoms with Gasteiger partial charge in [-0.1, -0.05) is 32.6 Å². The van der Waals surface area contributed by atoms with Gasteiger partial charge in [0.15, 0.2) is 0 Å². The maximum absolute atomic E-state index is 4.31. The Balaban J connectivity index is 1.81. The average Bonchev–Trinajstić information content (AvgIpc) is 2.42. The first-order valence-electron chi connectivity index (χ1n) is 6.85. The Morgan fingerprint density at radius 3 is 2.56 bits per heavy atom. The molecule has 0 unspecified atom stereocenters.